The van der Waals surface area contributed by atoms with Crippen LogP contribution in [0.4, 0.5) is 0 Å². The number of phenols is 1. The van der Waals surface area contributed by atoms with Crippen LogP contribution in [0.3, 0.4) is 0 Å². The predicted molar refractivity (Wildman–Crippen MR) is 119 cm³/mol. The molecular formula is C20H27IN4O3. The molecule has 28 heavy (non-hydrogen) atoms. The van der Waals surface area contributed by atoms with Gasteiger partial charge in [-0.1, -0.05) is 12.1 Å². The summed E-state index contributed by atoms with van der Waals surface area (Å²) < 4.78 is 5.21. The molecule has 0 unspecified atom stereocenters. The first-order chi connectivity index (χ1) is 13.2. The average Bonchev–Trinajstić information content (AvgIpc) is 3.22. The molecule has 1 saturated heterocycles. The van der Waals surface area contributed by atoms with Gasteiger partial charge in [-0.3, -0.25) is 9.79 Å². The van der Waals surface area contributed by atoms with Gasteiger partial charge in [0.05, 0.1) is 6.26 Å². The summed E-state index contributed by atoms with van der Waals surface area (Å²) in [5, 5.41) is 12.9. The van der Waals surface area contributed by atoms with Crippen molar-refractivity contribution in [2.45, 2.75) is 13.3 Å². The molecule has 8 heteroatoms. The van der Waals surface area contributed by atoms with E-state index in [1.54, 1.807) is 24.3 Å². The number of carbonyl (C=O) groups is 1. The molecule has 2 heterocycles. The van der Waals surface area contributed by atoms with Gasteiger partial charge in [0.15, 0.2) is 11.7 Å². The van der Waals surface area contributed by atoms with Crippen molar-refractivity contribution in [1.29, 1.82) is 0 Å². The van der Waals surface area contributed by atoms with Gasteiger partial charge >= 0.3 is 0 Å². The fraction of sp³-hybridized carbons (Fsp3) is 0.400. The number of piperazine rings is 1. The highest BCUT2D eigenvalue weighted by Gasteiger charge is 2.25. The molecule has 152 valence electrons. The molecule has 1 aromatic carbocycles. The zero-order valence-corrected chi connectivity index (χ0v) is 18.3. The number of carbonyl (C=O) groups excluding carboxylic acids is 1. The number of furan rings is 1. The fourth-order valence-corrected chi connectivity index (χ4v) is 3.11. The Kier molecular flexibility index (Phi) is 8.62. The zero-order valence-electron chi connectivity index (χ0n) is 16.0. The lowest BCUT2D eigenvalue weighted by atomic mass is 10.1. The van der Waals surface area contributed by atoms with Crippen LogP contribution in [-0.4, -0.2) is 66.0 Å². The summed E-state index contributed by atoms with van der Waals surface area (Å²) in [4.78, 5) is 21.1. The highest BCUT2D eigenvalue weighted by Crippen LogP contribution is 2.12. The smallest absolute Gasteiger partial charge is 0.289 e. The molecule has 0 aliphatic carbocycles. The van der Waals surface area contributed by atoms with Crippen molar-refractivity contribution in [3.05, 3.63) is 54.0 Å². The SMILES string of the molecule is CCNC(=NCCc1cccc(O)c1)N1CCN(C(=O)c2ccco2)CC1.I. The van der Waals surface area contributed by atoms with E-state index in [4.69, 9.17) is 9.41 Å². The van der Waals surface area contributed by atoms with Crippen molar-refractivity contribution in [1.82, 2.24) is 15.1 Å². The van der Waals surface area contributed by atoms with Crippen LogP contribution in [-0.2, 0) is 6.42 Å². The first kappa shape index (κ1) is 22.1. The molecule has 2 N–H and O–H groups in total. The third kappa shape index (κ3) is 5.88. The van der Waals surface area contributed by atoms with Crippen LogP contribution in [0.25, 0.3) is 0 Å². The van der Waals surface area contributed by atoms with Crippen LogP contribution in [0.5, 0.6) is 5.75 Å². The second kappa shape index (κ2) is 10.9. The quantitative estimate of drug-likeness (QED) is 0.377. The highest BCUT2D eigenvalue weighted by atomic mass is 127. The summed E-state index contributed by atoms with van der Waals surface area (Å²) in [6, 6.07) is 10.7. The van der Waals surface area contributed by atoms with Gasteiger partial charge in [0.25, 0.3) is 5.91 Å². The highest BCUT2D eigenvalue weighted by molar-refractivity contribution is 14.0. The Balaban J connectivity index is 0.00000280. The lowest BCUT2D eigenvalue weighted by Gasteiger charge is -2.36. The van der Waals surface area contributed by atoms with E-state index in [1.165, 1.54) is 6.26 Å². The number of hydrogen-bond donors (Lipinski definition) is 2. The van der Waals surface area contributed by atoms with E-state index in [1.807, 2.05) is 24.0 Å². The van der Waals surface area contributed by atoms with Crippen LogP contribution >= 0.6 is 24.0 Å². The Morgan fingerprint density at radius 1 is 1.18 bits per heavy atom. The van der Waals surface area contributed by atoms with Crippen LogP contribution < -0.4 is 5.32 Å². The Hall–Kier alpha value is -2.23. The number of halogens is 1. The lowest BCUT2D eigenvalue weighted by Crippen LogP contribution is -2.53. The molecule has 0 atom stereocenters. The van der Waals surface area contributed by atoms with Crippen molar-refractivity contribution < 1.29 is 14.3 Å². The fourth-order valence-electron chi connectivity index (χ4n) is 3.11. The molecule has 0 bridgehead atoms. The van der Waals surface area contributed by atoms with E-state index in [0.717, 1.165) is 37.6 Å². The van der Waals surface area contributed by atoms with Gasteiger partial charge < -0.3 is 24.6 Å². The van der Waals surface area contributed by atoms with Gasteiger partial charge in [-0.25, -0.2) is 0 Å². The maximum Gasteiger partial charge on any atom is 0.289 e. The first-order valence-corrected chi connectivity index (χ1v) is 9.31. The van der Waals surface area contributed by atoms with E-state index in [-0.39, 0.29) is 35.6 Å². The van der Waals surface area contributed by atoms with E-state index >= 15 is 0 Å². The normalized spacial score (nSPS) is 14.5. The summed E-state index contributed by atoms with van der Waals surface area (Å²) in [6.45, 7) is 6.19. The van der Waals surface area contributed by atoms with Gasteiger partial charge in [0, 0.05) is 39.3 Å². The molecule has 1 aliphatic heterocycles. The average molecular weight is 498 g/mol. The summed E-state index contributed by atoms with van der Waals surface area (Å²) in [7, 11) is 0. The number of guanidine groups is 1. The molecule has 0 spiro atoms. The molecule has 0 saturated carbocycles. The second-order valence-corrected chi connectivity index (χ2v) is 6.41. The number of amides is 1. The predicted octanol–water partition coefficient (Wildman–Crippen LogP) is 2.57. The van der Waals surface area contributed by atoms with Crippen molar-refractivity contribution in [3.8, 4) is 5.75 Å². The van der Waals surface area contributed by atoms with Gasteiger partial charge in [-0.2, -0.15) is 0 Å². The van der Waals surface area contributed by atoms with Gasteiger partial charge in [-0.15, -0.1) is 24.0 Å². The largest absolute Gasteiger partial charge is 0.508 e. The van der Waals surface area contributed by atoms with E-state index in [0.29, 0.717) is 25.4 Å². The van der Waals surface area contributed by atoms with Gasteiger partial charge in [0.1, 0.15) is 5.75 Å². The second-order valence-electron chi connectivity index (χ2n) is 6.41. The lowest BCUT2D eigenvalue weighted by molar-refractivity contribution is 0.0657. The minimum atomic E-state index is -0.0644. The van der Waals surface area contributed by atoms with Crippen molar-refractivity contribution >= 4 is 35.8 Å². The zero-order chi connectivity index (χ0) is 19.1. The molecule has 3 rings (SSSR count). The topological polar surface area (TPSA) is 81.3 Å². The Morgan fingerprint density at radius 3 is 2.57 bits per heavy atom. The van der Waals surface area contributed by atoms with Crippen molar-refractivity contribution in [2.75, 3.05) is 39.3 Å². The maximum absolute atomic E-state index is 12.4. The maximum atomic E-state index is 12.4. The summed E-state index contributed by atoms with van der Waals surface area (Å²) in [6.07, 6.45) is 2.28. The number of nitrogens with one attached hydrogen (secondary N) is 1. The Bertz CT molecular complexity index is 772. The minimum absolute atomic E-state index is 0. The van der Waals surface area contributed by atoms with Crippen molar-refractivity contribution in [3.63, 3.8) is 0 Å². The summed E-state index contributed by atoms with van der Waals surface area (Å²) in [5.41, 5.74) is 1.06. The van der Waals surface area contributed by atoms with Gasteiger partial charge in [0.2, 0.25) is 0 Å². The molecule has 2 aromatic rings. The van der Waals surface area contributed by atoms with E-state index in [2.05, 4.69) is 10.2 Å². The Labute approximate surface area is 182 Å². The van der Waals surface area contributed by atoms with Crippen LogP contribution in [0, 0.1) is 0 Å². The number of aliphatic imine (C=N–C) groups is 1. The molecule has 1 aliphatic rings. The molecular weight excluding hydrogens is 471 g/mol. The summed E-state index contributed by atoms with van der Waals surface area (Å²) in [5.74, 6) is 1.46. The molecule has 1 aromatic heterocycles. The van der Waals surface area contributed by atoms with Gasteiger partial charge in [-0.05, 0) is 43.2 Å². The number of rotatable bonds is 5. The minimum Gasteiger partial charge on any atom is -0.508 e. The summed E-state index contributed by atoms with van der Waals surface area (Å²) >= 11 is 0. The molecule has 0 radical (unpaired) electrons. The third-order valence-corrected chi connectivity index (χ3v) is 4.51. The monoisotopic (exact) mass is 498 g/mol. The number of aromatic hydroxyl groups is 1. The standard InChI is InChI=1S/C20H26N4O3.HI/c1-2-21-20(22-9-8-16-5-3-6-17(25)15-16)24-12-10-23(11-13-24)19(26)18-7-4-14-27-18;/h3-7,14-15,25H,2,8-13H2,1H3,(H,21,22);1H. The molecule has 1 amide bonds. The third-order valence-electron chi connectivity index (χ3n) is 4.51. The van der Waals surface area contributed by atoms with E-state index in [9.17, 15) is 9.90 Å². The Morgan fingerprint density at radius 2 is 1.93 bits per heavy atom. The molecule has 7 nitrogen and oxygen atoms in total. The van der Waals surface area contributed by atoms with Crippen LogP contribution in [0.1, 0.15) is 23.0 Å². The number of benzene rings is 1. The number of phenolic OH excluding ortho intramolecular Hbond substituents is 1. The van der Waals surface area contributed by atoms with E-state index < -0.39 is 0 Å². The first-order valence-electron chi connectivity index (χ1n) is 9.31. The van der Waals surface area contributed by atoms with Crippen LogP contribution in [0.15, 0.2) is 52.1 Å². The van der Waals surface area contributed by atoms with Crippen LogP contribution in [0.2, 0.25) is 0 Å². The number of nitrogens with zero attached hydrogens (tertiary/aromatic N) is 3. The van der Waals surface area contributed by atoms with Crippen molar-refractivity contribution in [2.24, 2.45) is 4.99 Å². The molecule has 1 fully saturated rings. The number of hydrogen-bond acceptors (Lipinski definition) is 4.